The summed E-state index contributed by atoms with van der Waals surface area (Å²) in [6.45, 7) is 0.249. The monoisotopic (exact) mass is 341 g/mol. The van der Waals surface area contributed by atoms with E-state index in [9.17, 15) is 13.2 Å². The van der Waals surface area contributed by atoms with Crippen LogP contribution in [0.4, 0.5) is 5.82 Å². The Bertz CT molecular complexity index is 771. The summed E-state index contributed by atoms with van der Waals surface area (Å²) in [5, 5.41) is 7.30. The Hall–Kier alpha value is -1.86. The molecule has 0 aliphatic carbocycles. The molecule has 0 saturated carbocycles. The lowest BCUT2D eigenvalue weighted by molar-refractivity contribution is -0.115. The van der Waals surface area contributed by atoms with Crippen molar-refractivity contribution in [3.63, 3.8) is 0 Å². The number of hydrogen-bond donors (Lipinski definition) is 1. The molecule has 0 fully saturated rings. The van der Waals surface area contributed by atoms with Crippen molar-refractivity contribution in [3.05, 3.63) is 47.1 Å². The molecule has 2 aromatic rings. The molecule has 118 valence electrons. The average molecular weight is 342 g/mol. The third-order valence-corrected chi connectivity index (χ3v) is 4.20. The zero-order valence-electron chi connectivity index (χ0n) is 12.0. The van der Waals surface area contributed by atoms with Gasteiger partial charge >= 0.3 is 0 Å². The van der Waals surface area contributed by atoms with E-state index in [-0.39, 0.29) is 24.6 Å². The van der Waals surface area contributed by atoms with Crippen molar-refractivity contribution in [2.45, 2.75) is 13.0 Å². The number of benzene rings is 1. The van der Waals surface area contributed by atoms with Crippen LogP contribution in [0.3, 0.4) is 0 Å². The van der Waals surface area contributed by atoms with Gasteiger partial charge in [0.25, 0.3) is 0 Å². The predicted molar refractivity (Wildman–Crippen MR) is 85.7 cm³/mol. The molecule has 0 saturated heterocycles. The highest BCUT2D eigenvalue weighted by atomic mass is 35.5. The van der Waals surface area contributed by atoms with Crippen LogP contribution in [-0.4, -0.2) is 36.1 Å². The summed E-state index contributed by atoms with van der Waals surface area (Å²) < 4.78 is 23.7. The number of anilines is 1. The van der Waals surface area contributed by atoms with Crippen molar-refractivity contribution in [3.8, 4) is 0 Å². The van der Waals surface area contributed by atoms with Gasteiger partial charge in [-0.15, -0.1) is 0 Å². The van der Waals surface area contributed by atoms with E-state index in [1.807, 2.05) is 6.07 Å². The van der Waals surface area contributed by atoms with Gasteiger partial charge in [0.1, 0.15) is 9.84 Å². The van der Waals surface area contributed by atoms with Crippen LogP contribution in [0.2, 0.25) is 5.02 Å². The van der Waals surface area contributed by atoms with Gasteiger partial charge < -0.3 is 5.32 Å². The molecule has 0 spiro atoms. The first-order valence-electron chi connectivity index (χ1n) is 6.58. The molecule has 0 unspecified atom stereocenters. The van der Waals surface area contributed by atoms with Gasteiger partial charge in [-0.25, -0.2) is 8.42 Å². The average Bonchev–Trinajstić information content (AvgIpc) is 2.86. The number of halogens is 1. The summed E-state index contributed by atoms with van der Waals surface area (Å²) in [5.74, 6) is 0.147. The Balaban J connectivity index is 1.92. The van der Waals surface area contributed by atoms with Crippen LogP contribution in [0.25, 0.3) is 0 Å². The molecule has 8 heteroatoms. The minimum absolute atomic E-state index is 0.00168. The van der Waals surface area contributed by atoms with Crippen LogP contribution >= 0.6 is 11.6 Å². The van der Waals surface area contributed by atoms with Crippen LogP contribution in [0.5, 0.6) is 0 Å². The van der Waals surface area contributed by atoms with E-state index in [0.29, 0.717) is 10.8 Å². The van der Waals surface area contributed by atoms with Gasteiger partial charge in [0.15, 0.2) is 5.82 Å². The molecule has 22 heavy (non-hydrogen) atoms. The van der Waals surface area contributed by atoms with E-state index < -0.39 is 9.84 Å². The second-order valence-corrected chi connectivity index (χ2v) is 7.58. The molecule has 6 nitrogen and oxygen atoms in total. The summed E-state index contributed by atoms with van der Waals surface area (Å²) in [7, 11) is -3.04. The van der Waals surface area contributed by atoms with Crippen LogP contribution < -0.4 is 5.32 Å². The molecule has 0 radical (unpaired) electrons. The minimum atomic E-state index is -3.04. The minimum Gasteiger partial charge on any atom is -0.309 e. The first-order valence-corrected chi connectivity index (χ1v) is 9.02. The van der Waals surface area contributed by atoms with E-state index in [0.717, 1.165) is 5.56 Å². The smallest absolute Gasteiger partial charge is 0.230 e. The van der Waals surface area contributed by atoms with Crippen molar-refractivity contribution in [2.24, 2.45) is 0 Å². The van der Waals surface area contributed by atoms with Crippen molar-refractivity contribution < 1.29 is 13.2 Å². The number of aryl methyl sites for hydroxylation is 1. The highest BCUT2D eigenvalue weighted by Crippen LogP contribution is 2.16. The van der Waals surface area contributed by atoms with Crippen molar-refractivity contribution >= 4 is 33.2 Å². The fourth-order valence-corrected chi connectivity index (χ4v) is 2.54. The topological polar surface area (TPSA) is 81.1 Å². The molecular weight excluding hydrogens is 326 g/mol. The largest absolute Gasteiger partial charge is 0.309 e. The van der Waals surface area contributed by atoms with Crippen molar-refractivity contribution in [2.75, 3.05) is 17.3 Å². The van der Waals surface area contributed by atoms with Crippen LogP contribution in [0.15, 0.2) is 36.5 Å². The predicted octanol–water partition coefficient (Wildman–Crippen LogP) is 1.76. The Kier molecular flexibility index (Phi) is 5.20. The molecule has 1 amide bonds. The molecule has 1 N–H and O–H groups in total. The number of rotatable bonds is 6. The first-order chi connectivity index (χ1) is 10.3. The summed E-state index contributed by atoms with van der Waals surface area (Å²) in [5.41, 5.74) is 0.734. The Morgan fingerprint density at radius 3 is 2.73 bits per heavy atom. The number of amides is 1. The normalized spacial score (nSPS) is 11.4. The Morgan fingerprint density at radius 2 is 2.05 bits per heavy atom. The number of nitrogens with zero attached hydrogens (tertiary/aromatic N) is 2. The van der Waals surface area contributed by atoms with Crippen molar-refractivity contribution in [1.29, 1.82) is 0 Å². The van der Waals surface area contributed by atoms with Gasteiger partial charge in [0.05, 0.1) is 18.7 Å². The molecule has 2 rings (SSSR count). The van der Waals surface area contributed by atoms with E-state index in [2.05, 4.69) is 10.4 Å². The van der Waals surface area contributed by atoms with E-state index in [1.54, 1.807) is 30.5 Å². The molecule has 0 aliphatic rings. The number of aromatic nitrogens is 2. The maximum Gasteiger partial charge on any atom is 0.230 e. The highest BCUT2D eigenvalue weighted by molar-refractivity contribution is 7.90. The molecule has 1 heterocycles. The summed E-state index contributed by atoms with van der Waals surface area (Å²) in [6.07, 6.45) is 2.94. The van der Waals surface area contributed by atoms with Crippen molar-refractivity contribution in [1.82, 2.24) is 9.78 Å². The maximum absolute atomic E-state index is 11.9. The number of carbonyl (C=O) groups is 1. The van der Waals surface area contributed by atoms with Crippen LogP contribution in [0.1, 0.15) is 5.56 Å². The lowest BCUT2D eigenvalue weighted by atomic mass is 10.1. The summed E-state index contributed by atoms with van der Waals surface area (Å²) >= 11 is 6.00. The molecule has 0 aliphatic heterocycles. The number of carbonyl (C=O) groups excluding carboxylic acids is 1. The van der Waals surface area contributed by atoms with Gasteiger partial charge in [0.2, 0.25) is 5.91 Å². The number of nitrogens with one attached hydrogen (secondary N) is 1. The van der Waals surface area contributed by atoms with Gasteiger partial charge in [-0.2, -0.15) is 5.10 Å². The van der Waals surface area contributed by atoms with E-state index in [4.69, 9.17) is 11.6 Å². The number of sulfone groups is 1. The molecular formula is C14H16ClN3O3S. The molecule has 1 aromatic heterocycles. The second-order valence-electron chi connectivity index (χ2n) is 4.91. The van der Waals surface area contributed by atoms with Gasteiger partial charge in [0, 0.05) is 23.5 Å². The lowest BCUT2D eigenvalue weighted by Crippen LogP contribution is -2.16. The second kappa shape index (κ2) is 6.93. The lowest BCUT2D eigenvalue weighted by Gasteiger charge is -2.04. The van der Waals surface area contributed by atoms with E-state index in [1.165, 1.54) is 10.9 Å². The zero-order valence-corrected chi connectivity index (χ0v) is 13.6. The van der Waals surface area contributed by atoms with Gasteiger partial charge in [-0.3, -0.25) is 9.48 Å². The third kappa shape index (κ3) is 5.16. The number of hydrogen-bond acceptors (Lipinski definition) is 4. The summed E-state index contributed by atoms with van der Waals surface area (Å²) in [6, 6.07) is 8.74. The standard InChI is InChI=1S/C14H16ClN3O3S/c1-22(20,21)9-8-18-7-6-13(17-18)16-14(19)10-11-4-2-3-5-12(11)15/h2-7H,8-10H2,1H3,(H,16,17,19). The Morgan fingerprint density at radius 1 is 1.32 bits per heavy atom. The maximum atomic E-state index is 11.9. The Labute approximate surface area is 134 Å². The van der Waals surface area contributed by atoms with Gasteiger partial charge in [-0.1, -0.05) is 29.8 Å². The quantitative estimate of drug-likeness (QED) is 0.868. The zero-order chi connectivity index (χ0) is 16.2. The fraction of sp³-hybridized carbons (Fsp3) is 0.286. The summed E-state index contributed by atoms with van der Waals surface area (Å²) in [4.78, 5) is 11.9. The molecule has 1 aromatic carbocycles. The van der Waals surface area contributed by atoms with E-state index >= 15 is 0 Å². The van der Waals surface area contributed by atoms with Gasteiger partial charge in [-0.05, 0) is 11.6 Å². The van der Waals surface area contributed by atoms with Crippen LogP contribution in [-0.2, 0) is 27.6 Å². The SMILES string of the molecule is CS(=O)(=O)CCn1ccc(NC(=O)Cc2ccccc2Cl)n1. The van der Waals surface area contributed by atoms with Crippen LogP contribution in [0, 0.1) is 0 Å². The fourth-order valence-electron chi connectivity index (χ4n) is 1.81. The first kappa shape index (κ1) is 16.5. The molecule has 0 atom stereocenters. The highest BCUT2D eigenvalue weighted by Gasteiger charge is 2.09. The molecule has 0 bridgehead atoms. The third-order valence-electron chi connectivity index (χ3n) is 2.91.